The molecule has 0 saturated heterocycles. The van der Waals surface area contributed by atoms with Gasteiger partial charge in [0, 0.05) is 17.3 Å². The highest BCUT2D eigenvalue weighted by molar-refractivity contribution is 5.85. The highest BCUT2D eigenvalue weighted by Crippen LogP contribution is 2.25. The zero-order valence-corrected chi connectivity index (χ0v) is 15.7. The number of nitrogens with one attached hydrogen (secondary N) is 1. The van der Waals surface area contributed by atoms with E-state index in [1.807, 2.05) is 48.9 Å². The van der Waals surface area contributed by atoms with Crippen molar-refractivity contribution in [3.05, 3.63) is 47.3 Å². The summed E-state index contributed by atoms with van der Waals surface area (Å²) in [5, 5.41) is 7.79. The minimum Gasteiger partial charge on any atom is -0.353 e. The number of nitrogens with two attached hydrogens (primary N) is 1. The van der Waals surface area contributed by atoms with Gasteiger partial charge >= 0.3 is 0 Å². The molecule has 1 aromatic heterocycles. The monoisotopic (exact) mass is 362 g/mol. The number of benzene rings is 1. The lowest BCUT2D eigenvalue weighted by molar-refractivity contribution is -0.121. The first-order chi connectivity index (χ1) is 11.6. The minimum absolute atomic E-state index is 0. The number of carbonyl (C=O) groups excluding carboxylic acids is 1. The van der Waals surface area contributed by atoms with E-state index < -0.39 is 0 Å². The quantitative estimate of drug-likeness (QED) is 0.858. The van der Waals surface area contributed by atoms with Gasteiger partial charge in [-0.3, -0.25) is 4.79 Å². The van der Waals surface area contributed by atoms with E-state index in [0.29, 0.717) is 18.9 Å². The van der Waals surface area contributed by atoms with Crippen LogP contribution in [0.4, 0.5) is 0 Å². The Hall–Kier alpha value is -1.85. The zero-order chi connectivity index (χ0) is 17.1. The Kier molecular flexibility index (Phi) is 6.62. The lowest BCUT2D eigenvalue weighted by Crippen LogP contribution is -2.40. The molecule has 0 spiro atoms. The molecule has 1 aliphatic carbocycles. The lowest BCUT2D eigenvalue weighted by Gasteiger charge is -2.19. The molecule has 1 amide bonds. The van der Waals surface area contributed by atoms with Crippen LogP contribution in [0.1, 0.15) is 36.2 Å². The first-order valence-electron chi connectivity index (χ1n) is 8.70. The lowest BCUT2D eigenvalue weighted by atomic mass is 10.0. The summed E-state index contributed by atoms with van der Waals surface area (Å²) < 4.78 is 1.91. The van der Waals surface area contributed by atoms with Crippen LogP contribution in [-0.4, -0.2) is 28.3 Å². The van der Waals surface area contributed by atoms with Gasteiger partial charge in [0.2, 0.25) is 5.91 Å². The standard InChI is InChI=1S/C19H26N4O.ClH/c1-13-17(11-19(24)21-18-10-6-7-15(18)12-20)14(2)23(22-13)16-8-4-3-5-9-16;/h3-5,8-9,15,18H,6-7,10-12,20H2,1-2H3,(H,21,24);1H. The average Bonchev–Trinajstić information content (AvgIpc) is 3.14. The van der Waals surface area contributed by atoms with Crippen LogP contribution in [0.25, 0.3) is 5.69 Å². The van der Waals surface area contributed by atoms with Gasteiger partial charge in [-0.15, -0.1) is 12.4 Å². The second-order valence-electron chi connectivity index (χ2n) is 6.67. The van der Waals surface area contributed by atoms with E-state index >= 15 is 0 Å². The van der Waals surface area contributed by atoms with E-state index in [0.717, 1.165) is 41.9 Å². The van der Waals surface area contributed by atoms with Gasteiger partial charge < -0.3 is 11.1 Å². The van der Waals surface area contributed by atoms with Crippen LogP contribution in [0.3, 0.4) is 0 Å². The fraction of sp³-hybridized carbons (Fsp3) is 0.474. The molecule has 25 heavy (non-hydrogen) atoms. The van der Waals surface area contributed by atoms with Gasteiger partial charge in [-0.05, 0) is 51.3 Å². The number of nitrogens with zero attached hydrogens (tertiary/aromatic N) is 2. The van der Waals surface area contributed by atoms with Crippen molar-refractivity contribution in [1.82, 2.24) is 15.1 Å². The van der Waals surface area contributed by atoms with Crippen LogP contribution in [0.2, 0.25) is 0 Å². The van der Waals surface area contributed by atoms with Crippen molar-refractivity contribution in [2.45, 2.75) is 45.6 Å². The number of amides is 1. The Balaban J connectivity index is 0.00000225. The number of aromatic nitrogens is 2. The Morgan fingerprint density at radius 2 is 2.00 bits per heavy atom. The largest absolute Gasteiger partial charge is 0.353 e. The SMILES string of the molecule is Cc1nn(-c2ccccc2)c(C)c1CC(=O)NC1CCCC1CN.Cl. The van der Waals surface area contributed by atoms with Crippen molar-refractivity contribution in [2.24, 2.45) is 11.7 Å². The number of para-hydroxylation sites is 1. The molecular formula is C19H27ClN4O. The highest BCUT2D eigenvalue weighted by atomic mass is 35.5. The van der Waals surface area contributed by atoms with Crippen molar-refractivity contribution in [1.29, 1.82) is 0 Å². The van der Waals surface area contributed by atoms with Crippen LogP contribution in [-0.2, 0) is 11.2 Å². The molecular weight excluding hydrogens is 336 g/mol. The Morgan fingerprint density at radius 1 is 1.28 bits per heavy atom. The summed E-state index contributed by atoms with van der Waals surface area (Å²) in [5.74, 6) is 0.488. The number of aryl methyl sites for hydroxylation is 1. The molecule has 1 saturated carbocycles. The van der Waals surface area contributed by atoms with Crippen molar-refractivity contribution in [3.8, 4) is 5.69 Å². The molecule has 6 heteroatoms. The van der Waals surface area contributed by atoms with Crippen LogP contribution in [0.5, 0.6) is 0 Å². The van der Waals surface area contributed by atoms with Crippen LogP contribution in [0, 0.1) is 19.8 Å². The fourth-order valence-corrected chi connectivity index (χ4v) is 3.68. The van der Waals surface area contributed by atoms with Crippen molar-refractivity contribution >= 4 is 18.3 Å². The first kappa shape index (κ1) is 19.5. The molecule has 5 nitrogen and oxygen atoms in total. The molecule has 1 fully saturated rings. The van der Waals surface area contributed by atoms with Crippen molar-refractivity contribution in [3.63, 3.8) is 0 Å². The summed E-state index contributed by atoms with van der Waals surface area (Å²) in [6.07, 6.45) is 3.68. The third kappa shape index (κ3) is 4.22. The van der Waals surface area contributed by atoms with Gasteiger partial charge in [-0.1, -0.05) is 24.6 Å². The summed E-state index contributed by atoms with van der Waals surface area (Å²) in [4.78, 5) is 12.5. The molecule has 2 aromatic rings. The van der Waals surface area contributed by atoms with Gasteiger partial charge in [0.1, 0.15) is 0 Å². The molecule has 1 heterocycles. The van der Waals surface area contributed by atoms with E-state index in [4.69, 9.17) is 5.73 Å². The van der Waals surface area contributed by atoms with E-state index in [1.165, 1.54) is 0 Å². The minimum atomic E-state index is 0. The number of carbonyl (C=O) groups is 1. The Morgan fingerprint density at radius 3 is 2.68 bits per heavy atom. The smallest absolute Gasteiger partial charge is 0.224 e. The number of halogens is 1. The van der Waals surface area contributed by atoms with Crippen molar-refractivity contribution < 1.29 is 4.79 Å². The Labute approximate surface area is 155 Å². The molecule has 0 bridgehead atoms. The maximum Gasteiger partial charge on any atom is 0.224 e. The summed E-state index contributed by atoms with van der Waals surface area (Å²) >= 11 is 0. The van der Waals surface area contributed by atoms with Crippen LogP contribution in [0.15, 0.2) is 30.3 Å². The molecule has 2 atom stereocenters. The third-order valence-corrected chi connectivity index (χ3v) is 5.09. The average molecular weight is 363 g/mol. The highest BCUT2D eigenvalue weighted by Gasteiger charge is 2.27. The zero-order valence-electron chi connectivity index (χ0n) is 14.9. The molecule has 0 aliphatic heterocycles. The molecule has 136 valence electrons. The topological polar surface area (TPSA) is 72.9 Å². The molecule has 3 N–H and O–H groups in total. The van der Waals surface area contributed by atoms with E-state index in [9.17, 15) is 4.79 Å². The molecule has 1 aromatic carbocycles. The summed E-state index contributed by atoms with van der Waals surface area (Å²) in [7, 11) is 0. The number of hydrogen-bond acceptors (Lipinski definition) is 3. The summed E-state index contributed by atoms with van der Waals surface area (Å²) in [6.45, 7) is 4.64. The van der Waals surface area contributed by atoms with E-state index in [-0.39, 0.29) is 24.4 Å². The molecule has 1 aliphatic rings. The van der Waals surface area contributed by atoms with Gasteiger partial charge in [-0.2, -0.15) is 5.10 Å². The van der Waals surface area contributed by atoms with E-state index in [2.05, 4.69) is 10.4 Å². The second kappa shape index (κ2) is 8.50. The number of hydrogen-bond donors (Lipinski definition) is 2. The van der Waals surface area contributed by atoms with Crippen LogP contribution >= 0.6 is 12.4 Å². The predicted octanol–water partition coefficient (Wildman–Crippen LogP) is 2.70. The first-order valence-corrected chi connectivity index (χ1v) is 8.70. The second-order valence-corrected chi connectivity index (χ2v) is 6.67. The number of rotatable bonds is 5. The predicted molar refractivity (Wildman–Crippen MR) is 102 cm³/mol. The molecule has 0 radical (unpaired) electrons. The van der Waals surface area contributed by atoms with E-state index in [1.54, 1.807) is 0 Å². The normalized spacial score (nSPS) is 19.5. The fourth-order valence-electron chi connectivity index (χ4n) is 3.68. The summed E-state index contributed by atoms with van der Waals surface area (Å²) in [5.41, 5.74) is 9.77. The maximum absolute atomic E-state index is 12.5. The molecule has 2 unspecified atom stereocenters. The molecule has 3 rings (SSSR count). The van der Waals surface area contributed by atoms with Crippen molar-refractivity contribution in [2.75, 3.05) is 6.54 Å². The van der Waals surface area contributed by atoms with Gasteiger partial charge in [0.05, 0.1) is 17.8 Å². The van der Waals surface area contributed by atoms with Gasteiger partial charge in [0.25, 0.3) is 0 Å². The maximum atomic E-state index is 12.5. The Bertz CT molecular complexity index is 714. The van der Waals surface area contributed by atoms with Gasteiger partial charge in [0.15, 0.2) is 0 Å². The van der Waals surface area contributed by atoms with Gasteiger partial charge in [-0.25, -0.2) is 4.68 Å². The third-order valence-electron chi connectivity index (χ3n) is 5.09. The summed E-state index contributed by atoms with van der Waals surface area (Å²) in [6, 6.07) is 10.2. The van der Waals surface area contributed by atoms with Crippen LogP contribution < -0.4 is 11.1 Å².